The van der Waals surface area contributed by atoms with Gasteiger partial charge in [0, 0.05) is 22.6 Å². The van der Waals surface area contributed by atoms with Gasteiger partial charge >= 0.3 is 0 Å². The molecule has 0 bridgehead atoms. The van der Waals surface area contributed by atoms with Gasteiger partial charge in [0.15, 0.2) is 0 Å². The van der Waals surface area contributed by atoms with Crippen LogP contribution < -0.4 is 0 Å². The lowest BCUT2D eigenvalue weighted by molar-refractivity contribution is 0.310. The molecule has 1 aliphatic rings. The van der Waals surface area contributed by atoms with Crippen molar-refractivity contribution in [1.82, 2.24) is 4.31 Å². The van der Waals surface area contributed by atoms with Crippen LogP contribution in [-0.4, -0.2) is 25.8 Å². The second-order valence-electron chi connectivity index (χ2n) is 4.26. The van der Waals surface area contributed by atoms with E-state index >= 15 is 0 Å². The summed E-state index contributed by atoms with van der Waals surface area (Å²) in [6.45, 7) is 0.874. The van der Waals surface area contributed by atoms with Gasteiger partial charge in [-0.1, -0.05) is 0 Å². The first-order valence-electron chi connectivity index (χ1n) is 5.69. The van der Waals surface area contributed by atoms with Gasteiger partial charge in [-0.25, -0.2) is 8.42 Å². The van der Waals surface area contributed by atoms with E-state index in [2.05, 4.69) is 28.7 Å². The Labute approximate surface area is 121 Å². The van der Waals surface area contributed by atoms with E-state index in [0.717, 1.165) is 3.57 Å². The lowest BCUT2D eigenvalue weighted by Crippen LogP contribution is -2.38. The first-order valence-corrected chi connectivity index (χ1v) is 8.21. The average molecular weight is 376 g/mol. The number of nitrogens with zero attached hydrogens (tertiary/aromatic N) is 2. The van der Waals surface area contributed by atoms with Crippen LogP contribution in [0.4, 0.5) is 0 Å². The SMILES string of the molecule is N#CC1CCN(S(=O)(=O)c2ccc(I)cc2)CC1. The second-order valence-corrected chi connectivity index (χ2v) is 7.44. The summed E-state index contributed by atoms with van der Waals surface area (Å²) in [6.07, 6.45) is 1.25. The van der Waals surface area contributed by atoms with E-state index in [1.54, 1.807) is 24.3 Å². The predicted molar refractivity (Wildman–Crippen MR) is 76.3 cm³/mol. The Morgan fingerprint density at radius 2 is 1.78 bits per heavy atom. The number of piperidine rings is 1. The van der Waals surface area contributed by atoms with Gasteiger partial charge < -0.3 is 0 Å². The second kappa shape index (κ2) is 5.55. The van der Waals surface area contributed by atoms with Gasteiger partial charge in [-0.3, -0.25) is 0 Å². The summed E-state index contributed by atoms with van der Waals surface area (Å²) < 4.78 is 27.2. The largest absolute Gasteiger partial charge is 0.243 e. The third-order valence-corrected chi connectivity index (χ3v) is 5.72. The Hall–Kier alpha value is -0.650. The fourth-order valence-corrected chi connectivity index (χ4v) is 3.81. The lowest BCUT2D eigenvalue weighted by atomic mass is 10.0. The maximum absolute atomic E-state index is 12.3. The Morgan fingerprint density at radius 3 is 2.28 bits per heavy atom. The van der Waals surface area contributed by atoms with Gasteiger partial charge in [-0.15, -0.1) is 0 Å². The van der Waals surface area contributed by atoms with Gasteiger partial charge in [0.2, 0.25) is 10.0 Å². The van der Waals surface area contributed by atoms with E-state index in [-0.39, 0.29) is 5.92 Å². The molecule has 0 unspecified atom stereocenters. The van der Waals surface area contributed by atoms with Crippen LogP contribution in [0.15, 0.2) is 29.2 Å². The zero-order chi connectivity index (χ0) is 13.2. The smallest absolute Gasteiger partial charge is 0.207 e. The van der Waals surface area contributed by atoms with Crippen molar-refractivity contribution in [2.24, 2.45) is 5.92 Å². The molecule has 1 saturated heterocycles. The fourth-order valence-electron chi connectivity index (χ4n) is 1.98. The Balaban J connectivity index is 2.18. The predicted octanol–water partition coefficient (Wildman–Crippen LogP) is 2.22. The Morgan fingerprint density at radius 1 is 1.22 bits per heavy atom. The average Bonchev–Trinajstić information content (AvgIpc) is 2.39. The molecule has 0 radical (unpaired) electrons. The van der Waals surface area contributed by atoms with Crippen molar-refractivity contribution in [3.63, 3.8) is 0 Å². The number of hydrogen-bond donors (Lipinski definition) is 0. The van der Waals surface area contributed by atoms with Gasteiger partial charge in [0.05, 0.1) is 11.0 Å². The molecule has 1 aliphatic heterocycles. The molecule has 96 valence electrons. The zero-order valence-corrected chi connectivity index (χ0v) is 12.7. The number of rotatable bonds is 2. The van der Waals surface area contributed by atoms with Crippen molar-refractivity contribution < 1.29 is 8.42 Å². The maximum atomic E-state index is 12.3. The van der Waals surface area contributed by atoms with Crippen LogP contribution in [0.2, 0.25) is 0 Å². The van der Waals surface area contributed by atoms with Crippen LogP contribution in [0.3, 0.4) is 0 Å². The minimum absolute atomic E-state index is 0.00632. The van der Waals surface area contributed by atoms with Crippen molar-refractivity contribution >= 4 is 32.6 Å². The van der Waals surface area contributed by atoms with Crippen LogP contribution in [-0.2, 0) is 10.0 Å². The summed E-state index contributed by atoms with van der Waals surface area (Å²) in [7, 11) is -3.39. The maximum Gasteiger partial charge on any atom is 0.243 e. The van der Waals surface area contributed by atoms with E-state index < -0.39 is 10.0 Å². The molecule has 1 aromatic rings. The molecule has 0 amide bonds. The molecule has 6 heteroatoms. The topological polar surface area (TPSA) is 61.2 Å². The summed E-state index contributed by atoms with van der Waals surface area (Å²) in [5, 5.41) is 8.81. The third kappa shape index (κ3) is 2.84. The lowest BCUT2D eigenvalue weighted by Gasteiger charge is -2.28. The van der Waals surface area contributed by atoms with Crippen molar-refractivity contribution in [3.05, 3.63) is 27.8 Å². The molecule has 0 aromatic heterocycles. The molecule has 2 rings (SSSR count). The molecule has 0 saturated carbocycles. The highest BCUT2D eigenvalue weighted by Gasteiger charge is 2.29. The molecule has 0 N–H and O–H groups in total. The van der Waals surface area contributed by atoms with Gasteiger partial charge in [0.1, 0.15) is 0 Å². The van der Waals surface area contributed by atoms with Crippen LogP contribution in [0, 0.1) is 20.8 Å². The standard InChI is InChI=1S/C12H13IN2O2S/c13-11-1-3-12(4-2-11)18(16,17)15-7-5-10(9-14)6-8-15/h1-4,10H,5-8H2. The fraction of sp³-hybridized carbons (Fsp3) is 0.417. The summed E-state index contributed by atoms with van der Waals surface area (Å²) in [5.74, 6) is -0.00632. The third-order valence-electron chi connectivity index (χ3n) is 3.09. The van der Waals surface area contributed by atoms with Crippen LogP contribution >= 0.6 is 22.6 Å². The quantitative estimate of drug-likeness (QED) is 0.744. The summed E-state index contributed by atoms with van der Waals surface area (Å²) >= 11 is 2.14. The highest BCUT2D eigenvalue weighted by Crippen LogP contribution is 2.23. The van der Waals surface area contributed by atoms with Gasteiger partial charge in [-0.05, 0) is 59.7 Å². The molecular formula is C12H13IN2O2S. The van der Waals surface area contributed by atoms with Crippen molar-refractivity contribution in [3.8, 4) is 6.07 Å². The molecule has 1 aromatic carbocycles. The number of benzene rings is 1. The monoisotopic (exact) mass is 376 g/mol. The Bertz CT molecular complexity index is 555. The number of sulfonamides is 1. The van der Waals surface area contributed by atoms with Gasteiger partial charge in [0.25, 0.3) is 0 Å². The molecule has 0 atom stereocenters. The Kier molecular flexibility index (Phi) is 4.25. The van der Waals surface area contributed by atoms with Gasteiger partial charge in [-0.2, -0.15) is 9.57 Å². The summed E-state index contributed by atoms with van der Waals surface area (Å²) in [6, 6.07) is 9.04. The van der Waals surface area contributed by atoms with Crippen molar-refractivity contribution in [1.29, 1.82) is 5.26 Å². The normalized spacial score (nSPS) is 18.4. The van der Waals surface area contributed by atoms with Crippen LogP contribution in [0.1, 0.15) is 12.8 Å². The van der Waals surface area contributed by atoms with Crippen molar-refractivity contribution in [2.45, 2.75) is 17.7 Å². The number of nitriles is 1. The van der Waals surface area contributed by atoms with E-state index in [0.29, 0.717) is 30.8 Å². The number of hydrogen-bond acceptors (Lipinski definition) is 3. The van der Waals surface area contributed by atoms with E-state index in [1.807, 2.05) is 0 Å². The molecule has 1 fully saturated rings. The van der Waals surface area contributed by atoms with Crippen LogP contribution in [0.25, 0.3) is 0 Å². The van der Waals surface area contributed by atoms with E-state index in [9.17, 15) is 8.42 Å². The molecule has 18 heavy (non-hydrogen) atoms. The molecular weight excluding hydrogens is 363 g/mol. The minimum Gasteiger partial charge on any atom is -0.207 e. The molecule has 0 spiro atoms. The van der Waals surface area contributed by atoms with E-state index in [4.69, 9.17) is 5.26 Å². The zero-order valence-electron chi connectivity index (χ0n) is 9.71. The highest BCUT2D eigenvalue weighted by atomic mass is 127. The van der Waals surface area contributed by atoms with Crippen LogP contribution in [0.5, 0.6) is 0 Å². The highest BCUT2D eigenvalue weighted by molar-refractivity contribution is 14.1. The summed E-state index contributed by atoms with van der Waals surface area (Å²) in [4.78, 5) is 0.332. The minimum atomic E-state index is -3.39. The molecule has 4 nitrogen and oxygen atoms in total. The summed E-state index contributed by atoms with van der Waals surface area (Å²) in [5.41, 5.74) is 0. The first-order chi connectivity index (χ1) is 8.54. The molecule has 1 heterocycles. The van der Waals surface area contributed by atoms with Crippen molar-refractivity contribution in [2.75, 3.05) is 13.1 Å². The number of halogens is 1. The van der Waals surface area contributed by atoms with E-state index in [1.165, 1.54) is 4.31 Å². The first kappa shape index (κ1) is 13.8. The molecule has 0 aliphatic carbocycles.